The number of aromatic nitrogens is 2. The van der Waals surface area contributed by atoms with Crippen molar-refractivity contribution in [3.63, 3.8) is 0 Å². The third-order valence-corrected chi connectivity index (χ3v) is 4.58. The molecule has 0 atom stereocenters. The van der Waals surface area contributed by atoms with E-state index in [-0.39, 0.29) is 23.8 Å². The van der Waals surface area contributed by atoms with Gasteiger partial charge in [-0.2, -0.15) is 0 Å². The number of benzene rings is 3. The number of hydrogen-bond donors (Lipinski definition) is 1. The summed E-state index contributed by atoms with van der Waals surface area (Å²) in [4.78, 5) is 30.0. The van der Waals surface area contributed by atoms with Crippen LogP contribution in [0.15, 0.2) is 72.8 Å². The standard InChI is InChI=1S/C23H18FN3O2/c1-15-9-11-18(12-10-15)25-21(28)14-27-20-8-3-2-7-19(20)26-23(27)22(29)16-5-4-6-17(24)13-16/h2-13H,14H2,1H3,(H,25,28). The first kappa shape index (κ1) is 18.6. The van der Waals surface area contributed by atoms with Gasteiger partial charge in [-0.25, -0.2) is 9.37 Å². The summed E-state index contributed by atoms with van der Waals surface area (Å²) in [6.07, 6.45) is 0. The zero-order valence-electron chi connectivity index (χ0n) is 15.7. The minimum atomic E-state index is -0.504. The van der Waals surface area contributed by atoms with Crippen molar-refractivity contribution < 1.29 is 14.0 Å². The smallest absolute Gasteiger partial charge is 0.244 e. The Hall–Kier alpha value is -3.80. The average molecular weight is 387 g/mol. The molecule has 0 bridgehead atoms. The van der Waals surface area contributed by atoms with E-state index < -0.39 is 11.6 Å². The second-order valence-corrected chi connectivity index (χ2v) is 6.76. The minimum Gasteiger partial charge on any atom is -0.325 e. The number of halogens is 1. The van der Waals surface area contributed by atoms with E-state index in [0.717, 1.165) is 5.56 Å². The number of nitrogens with one attached hydrogen (secondary N) is 1. The SMILES string of the molecule is Cc1ccc(NC(=O)Cn2c(C(=O)c3cccc(F)c3)nc3ccccc32)cc1. The van der Waals surface area contributed by atoms with Gasteiger partial charge in [0, 0.05) is 11.3 Å². The molecule has 0 aliphatic rings. The van der Waals surface area contributed by atoms with Gasteiger partial charge in [-0.1, -0.05) is 42.0 Å². The number of carbonyl (C=O) groups excluding carboxylic acids is 2. The number of aryl methyl sites for hydroxylation is 1. The highest BCUT2D eigenvalue weighted by atomic mass is 19.1. The van der Waals surface area contributed by atoms with Crippen LogP contribution in [-0.4, -0.2) is 21.2 Å². The number of carbonyl (C=O) groups is 2. The molecule has 5 nitrogen and oxygen atoms in total. The van der Waals surface area contributed by atoms with Crippen molar-refractivity contribution in [3.05, 3.63) is 95.6 Å². The van der Waals surface area contributed by atoms with Crippen molar-refractivity contribution in [3.8, 4) is 0 Å². The molecule has 0 fully saturated rings. The number of para-hydroxylation sites is 2. The van der Waals surface area contributed by atoms with E-state index in [4.69, 9.17) is 0 Å². The van der Waals surface area contributed by atoms with Crippen molar-refractivity contribution >= 4 is 28.4 Å². The van der Waals surface area contributed by atoms with E-state index in [1.807, 2.05) is 43.3 Å². The highest BCUT2D eigenvalue weighted by Gasteiger charge is 2.21. The van der Waals surface area contributed by atoms with Gasteiger partial charge in [0.1, 0.15) is 12.4 Å². The lowest BCUT2D eigenvalue weighted by Crippen LogP contribution is -2.22. The third kappa shape index (κ3) is 3.91. The fourth-order valence-corrected chi connectivity index (χ4v) is 3.15. The molecule has 1 N–H and O–H groups in total. The summed E-state index contributed by atoms with van der Waals surface area (Å²) in [6, 6.07) is 20.1. The van der Waals surface area contributed by atoms with Crippen LogP contribution in [0.1, 0.15) is 21.7 Å². The minimum absolute atomic E-state index is 0.0925. The number of hydrogen-bond acceptors (Lipinski definition) is 3. The third-order valence-electron chi connectivity index (χ3n) is 4.58. The van der Waals surface area contributed by atoms with E-state index >= 15 is 0 Å². The Morgan fingerprint density at radius 3 is 2.52 bits per heavy atom. The summed E-state index contributed by atoms with van der Waals surface area (Å²) in [7, 11) is 0. The quantitative estimate of drug-likeness (QED) is 0.518. The number of fused-ring (bicyclic) bond motifs is 1. The fourth-order valence-electron chi connectivity index (χ4n) is 3.15. The van der Waals surface area contributed by atoms with Gasteiger partial charge in [-0.3, -0.25) is 9.59 Å². The van der Waals surface area contributed by atoms with Gasteiger partial charge >= 0.3 is 0 Å². The maximum atomic E-state index is 13.6. The maximum absolute atomic E-state index is 13.6. The van der Waals surface area contributed by atoms with Gasteiger partial charge in [-0.05, 0) is 43.3 Å². The number of ketones is 1. The van der Waals surface area contributed by atoms with Crippen molar-refractivity contribution in [1.82, 2.24) is 9.55 Å². The molecule has 0 aliphatic heterocycles. The summed E-state index contributed by atoms with van der Waals surface area (Å²) in [5.74, 6) is -1.14. The Balaban J connectivity index is 1.69. The van der Waals surface area contributed by atoms with Crippen LogP contribution in [-0.2, 0) is 11.3 Å². The van der Waals surface area contributed by atoms with Gasteiger partial charge in [-0.15, -0.1) is 0 Å². The molecule has 1 amide bonds. The first-order valence-electron chi connectivity index (χ1n) is 9.13. The first-order valence-corrected chi connectivity index (χ1v) is 9.13. The van der Waals surface area contributed by atoms with Gasteiger partial charge in [0.25, 0.3) is 0 Å². The van der Waals surface area contributed by atoms with Crippen molar-refractivity contribution in [2.24, 2.45) is 0 Å². The number of rotatable bonds is 5. The Labute approximate surface area is 166 Å². The lowest BCUT2D eigenvalue weighted by atomic mass is 10.1. The molecular weight excluding hydrogens is 369 g/mol. The highest BCUT2D eigenvalue weighted by molar-refractivity contribution is 6.08. The first-order chi connectivity index (χ1) is 14.0. The topological polar surface area (TPSA) is 64.0 Å². The molecule has 0 spiro atoms. The van der Waals surface area contributed by atoms with Crippen LogP contribution >= 0.6 is 0 Å². The summed E-state index contributed by atoms with van der Waals surface area (Å²) in [6.45, 7) is 1.87. The van der Waals surface area contributed by atoms with Crippen molar-refractivity contribution in [2.45, 2.75) is 13.5 Å². The molecule has 6 heteroatoms. The van der Waals surface area contributed by atoms with Crippen molar-refractivity contribution in [1.29, 1.82) is 0 Å². The second kappa shape index (κ2) is 7.67. The molecular formula is C23H18FN3O2. The molecule has 144 valence electrons. The molecule has 0 radical (unpaired) electrons. The summed E-state index contributed by atoms with van der Waals surface area (Å²) in [5, 5.41) is 2.83. The largest absolute Gasteiger partial charge is 0.325 e. The van der Waals surface area contributed by atoms with Crippen LogP contribution < -0.4 is 5.32 Å². The summed E-state index contributed by atoms with van der Waals surface area (Å²) < 4.78 is 15.1. The lowest BCUT2D eigenvalue weighted by Gasteiger charge is -2.10. The normalized spacial score (nSPS) is 10.8. The second-order valence-electron chi connectivity index (χ2n) is 6.76. The van der Waals surface area contributed by atoms with Crippen LogP contribution in [0.2, 0.25) is 0 Å². The predicted octanol–water partition coefficient (Wildman–Crippen LogP) is 4.35. The van der Waals surface area contributed by atoms with Gasteiger partial charge in [0.05, 0.1) is 11.0 Å². The van der Waals surface area contributed by atoms with Crippen LogP contribution in [0.5, 0.6) is 0 Å². The molecule has 0 aliphatic carbocycles. The zero-order valence-corrected chi connectivity index (χ0v) is 15.7. The Morgan fingerprint density at radius 2 is 1.76 bits per heavy atom. The van der Waals surface area contributed by atoms with Crippen LogP contribution in [0.25, 0.3) is 11.0 Å². The lowest BCUT2D eigenvalue weighted by molar-refractivity contribution is -0.116. The zero-order chi connectivity index (χ0) is 20.4. The van der Waals surface area contributed by atoms with Crippen LogP contribution in [0.4, 0.5) is 10.1 Å². The fraction of sp³-hybridized carbons (Fsp3) is 0.0870. The highest BCUT2D eigenvalue weighted by Crippen LogP contribution is 2.20. The summed E-state index contributed by atoms with van der Waals surface area (Å²) >= 11 is 0. The Kier molecular flexibility index (Phi) is 4.91. The molecule has 1 aromatic heterocycles. The van der Waals surface area contributed by atoms with E-state index in [2.05, 4.69) is 10.3 Å². The number of anilines is 1. The molecule has 4 aromatic rings. The van der Waals surface area contributed by atoms with Gasteiger partial charge < -0.3 is 9.88 Å². The molecule has 1 heterocycles. The van der Waals surface area contributed by atoms with Crippen molar-refractivity contribution in [2.75, 3.05) is 5.32 Å². The molecule has 0 unspecified atom stereocenters. The van der Waals surface area contributed by atoms with E-state index in [9.17, 15) is 14.0 Å². The van der Waals surface area contributed by atoms with Crippen LogP contribution in [0, 0.1) is 12.7 Å². The number of amides is 1. The van der Waals surface area contributed by atoms with Gasteiger partial charge in [0.15, 0.2) is 5.82 Å². The monoisotopic (exact) mass is 387 g/mol. The predicted molar refractivity (Wildman–Crippen MR) is 109 cm³/mol. The molecule has 4 rings (SSSR count). The Bertz CT molecular complexity index is 1210. The number of imidazole rings is 1. The Morgan fingerprint density at radius 1 is 1.00 bits per heavy atom. The maximum Gasteiger partial charge on any atom is 0.244 e. The van der Waals surface area contributed by atoms with E-state index in [1.165, 1.54) is 24.3 Å². The number of nitrogens with zero attached hydrogens (tertiary/aromatic N) is 2. The molecule has 0 saturated carbocycles. The molecule has 29 heavy (non-hydrogen) atoms. The molecule has 3 aromatic carbocycles. The molecule has 0 saturated heterocycles. The van der Waals surface area contributed by atoms with E-state index in [0.29, 0.717) is 16.7 Å². The van der Waals surface area contributed by atoms with E-state index in [1.54, 1.807) is 16.7 Å². The summed E-state index contributed by atoms with van der Waals surface area (Å²) in [5.41, 5.74) is 3.19. The average Bonchev–Trinajstić information content (AvgIpc) is 3.07. The van der Waals surface area contributed by atoms with Crippen LogP contribution in [0.3, 0.4) is 0 Å². The van der Waals surface area contributed by atoms with Gasteiger partial charge in [0.2, 0.25) is 11.7 Å².